The Labute approximate surface area is 69.7 Å². The monoisotopic (exact) mass is 170 g/mol. The molecule has 0 radical (unpaired) electrons. The molecule has 66 valence electrons. The third-order valence-electron chi connectivity index (χ3n) is 1.16. The van der Waals surface area contributed by atoms with Gasteiger partial charge in [0.25, 0.3) is 0 Å². The number of aromatic nitrogens is 2. The molecule has 1 aromatic heterocycles. The highest BCUT2D eigenvalue weighted by atomic mass is 16.5. The van der Waals surface area contributed by atoms with Gasteiger partial charge in [0, 0.05) is 12.4 Å². The lowest BCUT2D eigenvalue weighted by Crippen LogP contribution is -2.21. The molecule has 0 aliphatic carbocycles. The lowest BCUT2D eigenvalue weighted by Gasteiger charge is -2.06. The predicted molar refractivity (Wildman–Crippen MR) is 40.6 cm³/mol. The Morgan fingerprint density at radius 1 is 1.42 bits per heavy atom. The molecule has 5 heteroatoms. The molecule has 0 saturated carbocycles. The highest BCUT2D eigenvalue weighted by Crippen LogP contribution is 1.97. The average molecular weight is 170 g/mol. The van der Waals surface area contributed by atoms with Crippen molar-refractivity contribution in [3.05, 3.63) is 18.5 Å². The molecule has 2 N–H and O–H groups in total. The number of aliphatic hydroxyl groups is 2. The molecule has 1 heterocycles. The average Bonchev–Trinajstić information content (AvgIpc) is 2.16. The van der Waals surface area contributed by atoms with Gasteiger partial charge < -0.3 is 14.9 Å². The minimum absolute atomic E-state index is 0.000509. The van der Waals surface area contributed by atoms with Crippen LogP contribution >= 0.6 is 0 Å². The van der Waals surface area contributed by atoms with Gasteiger partial charge in [-0.1, -0.05) is 0 Å². The Kier molecular flexibility index (Phi) is 3.43. The number of rotatable bonds is 4. The van der Waals surface area contributed by atoms with Crippen molar-refractivity contribution in [3.63, 3.8) is 0 Å². The van der Waals surface area contributed by atoms with Crippen LogP contribution in [-0.2, 0) is 0 Å². The molecular weight excluding hydrogens is 160 g/mol. The van der Waals surface area contributed by atoms with Crippen LogP contribution in [0.15, 0.2) is 18.5 Å². The number of hydrogen-bond acceptors (Lipinski definition) is 5. The van der Waals surface area contributed by atoms with Crippen LogP contribution in [0.2, 0.25) is 0 Å². The number of aliphatic hydroxyl groups excluding tert-OH is 2. The van der Waals surface area contributed by atoms with Gasteiger partial charge in [0.1, 0.15) is 12.7 Å². The summed E-state index contributed by atoms with van der Waals surface area (Å²) in [7, 11) is 0. The third kappa shape index (κ3) is 2.81. The van der Waals surface area contributed by atoms with E-state index in [9.17, 15) is 0 Å². The van der Waals surface area contributed by atoms with Gasteiger partial charge in [0.2, 0.25) is 0 Å². The predicted octanol–water partition coefficient (Wildman–Crippen LogP) is -0.791. The summed E-state index contributed by atoms with van der Waals surface area (Å²) < 4.78 is 4.93. The van der Waals surface area contributed by atoms with Crippen molar-refractivity contribution >= 4 is 0 Å². The molecule has 0 amide bonds. The normalized spacial score (nSPS) is 12.5. The lowest BCUT2D eigenvalue weighted by atomic mass is 10.4. The summed E-state index contributed by atoms with van der Waals surface area (Å²) in [5, 5.41) is 17.3. The molecule has 1 unspecified atom stereocenters. The quantitative estimate of drug-likeness (QED) is 0.619. The van der Waals surface area contributed by atoms with E-state index in [1.165, 1.54) is 12.4 Å². The summed E-state index contributed by atoms with van der Waals surface area (Å²) in [6.07, 6.45) is 2.19. The Bertz CT molecular complexity index is 217. The first-order valence-corrected chi connectivity index (χ1v) is 3.51. The van der Waals surface area contributed by atoms with Crippen LogP contribution in [0.4, 0.5) is 0 Å². The summed E-state index contributed by atoms with van der Waals surface area (Å²) in [4.78, 5) is 7.52. The fourth-order valence-corrected chi connectivity index (χ4v) is 0.583. The van der Waals surface area contributed by atoms with Crippen LogP contribution in [0.25, 0.3) is 0 Å². The van der Waals surface area contributed by atoms with Crippen molar-refractivity contribution in [3.8, 4) is 6.01 Å². The largest absolute Gasteiger partial charge is 0.461 e. The maximum absolute atomic E-state index is 8.89. The van der Waals surface area contributed by atoms with E-state index in [4.69, 9.17) is 14.9 Å². The third-order valence-corrected chi connectivity index (χ3v) is 1.16. The van der Waals surface area contributed by atoms with Crippen molar-refractivity contribution in [1.29, 1.82) is 0 Å². The summed E-state index contributed by atoms with van der Waals surface area (Å²) in [6, 6.07) is 1.86. The second kappa shape index (κ2) is 4.63. The zero-order chi connectivity index (χ0) is 8.81. The van der Waals surface area contributed by atoms with Crippen LogP contribution in [0.5, 0.6) is 6.01 Å². The van der Waals surface area contributed by atoms with Crippen molar-refractivity contribution in [2.75, 3.05) is 13.2 Å². The smallest absolute Gasteiger partial charge is 0.316 e. The highest BCUT2D eigenvalue weighted by Gasteiger charge is 2.03. The van der Waals surface area contributed by atoms with Crippen LogP contribution in [0, 0.1) is 0 Å². The molecule has 0 aliphatic rings. The Balaban J connectivity index is 2.33. The molecule has 0 bridgehead atoms. The number of hydrogen-bond donors (Lipinski definition) is 2. The van der Waals surface area contributed by atoms with Gasteiger partial charge >= 0.3 is 6.01 Å². The molecular formula is C7H10N2O3. The molecule has 0 saturated heterocycles. The van der Waals surface area contributed by atoms with E-state index in [2.05, 4.69) is 9.97 Å². The van der Waals surface area contributed by atoms with E-state index < -0.39 is 6.10 Å². The molecule has 1 atom stereocenters. The molecule has 1 rings (SSSR count). The first-order valence-electron chi connectivity index (χ1n) is 3.51. The van der Waals surface area contributed by atoms with Gasteiger partial charge in [-0.25, -0.2) is 9.97 Å². The second-order valence-corrected chi connectivity index (χ2v) is 2.18. The van der Waals surface area contributed by atoms with E-state index in [1.54, 1.807) is 6.07 Å². The van der Waals surface area contributed by atoms with Crippen LogP contribution < -0.4 is 4.74 Å². The summed E-state index contributed by atoms with van der Waals surface area (Å²) in [6.45, 7) is -0.326. The van der Waals surface area contributed by atoms with Crippen LogP contribution in [0.1, 0.15) is 0 Å². The van der Waals surface area contributed by atoms with E-state index in [0.29, 0.717) is 0 Å². The van der Waals surface area contributed by atoms with Crippen LogP contribution in [-0.4, -0.2) is 39.5 Å². The lowest BCUT2D eigenvalue weighted by molar-refractivity contribution is 0.0504. The van der Waals surface area contributed by atoms with Crippen molar-refractivity contribution in [1.82, 2.24) is 9.97 Å². The topological polar surface area (TPSA) is 75.5 Å². The minimum Gasteiger partial charge on any atom is -0.461 e. The van der Waals surface area contributed by atoms with Crippen LogP contribution in [0.3, 0.4) is 0 Å². The van der Waals surface area contributed by atoms with Crippen molar-refractivity contribution in [2.45, 2.75) is 6.10 Å². The Hall–Kier alpha value is -1.20. The zero-order valence-electron chi connectivity index (χ0n) is 6.42. The number of nitrogens with zero attached hydrogens (tertiary/aromatic N) is 2. The summed E-state index contributed by atoms with van der Waals surface area (Å²) in [5.41, 5.74) is 0. The van der Waals surface area contributed by atoms with Gasteiger partial charge in [0.15, 0.2) is 0 Å². The Morgan fingerprint density at radius 3 is 2.67 bits per heavy atom. The summed E-state index contributed by atoms with van der Waals surface area (Å²) >= 11 is 0. The van der Waals surface area contributed by atoms with E-state index in [0.717, 1.165) is 0 Å². The van der Waals surface area contributed by atoms with Gasteiger partial charge in [-0.3, -0.25) is 0 Å². The van der Waals surface area contributed by atoms with Gasteiger partial charge in [-0.2, -0.15) is 0 Å². The highest BCUT2D eigenvalue weighted by molar-refractivity contribution is 4.93. The van der Waals surface area contributed by atoms with Gasteiger partial charge in [-0.05, 0) is 6.07 Å². The standard InChI is InChI=1S/C7H10N2O3/c10-4-6(11)5-12-7-8-2-1-3-9-7/h1-3,6,10-11H,4-5H2. The molecule has 0 fully saturated rings. The minimum atomic E-state index is -0.881. The molecule has 1 aromatic rings. The number of ether oxygens (including phenoxy) is 1. The zero-order valence-corrected chi connectivity index (χ0v) is 6.42. The first-order chi connectivity index (χ1) is 5.83. The van der Waals surface area contributed by atoms with Gasteiger partial charge in [-0.15, -0.1) is 0 Å². The Morgan fingerprint density at radius 2 is 2.08 bits per heavy atom. The SMILES string of the molecule is OCC(O)COc1ncccn1. The fourth-order valence-electron chi connectivity index (χ4n) is 0.583. The maximum atomic E-state index is 8.89. The van der Waals surface area contributed by atoms with E-state index >= 15 is 0 Å². The van der Waals surface area contributed by atoms with Crippen molar-refractivity contribution in [2.24, 2.45) is 0 Å². The molecule has 5 nitrogen and oxygen atoms in total. The van der Waals surface area contributed by atoms with E-state index in [-0.39, 0.29) is 19.2 Å². The van der Waals surface area contributed by atoms with Crippen molar-refractivity contribution < 1.29 is 14.9 Å². The van der Waals surface area contributed by atoms with E-state index in [1.807, 2.05) is 0 Å². The molecule has 0 spiro atoms. The second-order valence-electron chi connectivity index (χ2n) is 2.18. The molecule has 0 aromatic carbocycles. The molecule has 12 heavy (non-hydrogen) atoms. The first kappa shape index (κ1) is 8.89. The fraction of sp³-hybridized carbons (Fsp3) is 0.429. The summed E-state index contributed by atoms with van der Waals surface area (Å²) in [5.74, 6) is 0. The maximum Gasteiger partial charge on any atom is 0.316 e. The molecule has 0 aliphatic heterocycles. The van der Waals surface area contributed by atoms with Gasteiger partial charge in [0.05, 0.1) is 6.61 Å².